The van der Waals surface area contributed by atoms with Gasteiger partial charge in [0.05, 0.1) is 6.04 Å². The average Bonchev–Trinajstić information content (AvgIpc) is 2.28. The van der Waals surface area contributed by atoms with Crippen LogP contribution in [0.4, 0.5) is 19.1 Å². The molecule has 0 amide bonds. The molecule has 0 radical (unpaired) electrons. The van der Waals surface area contributed by atoms with Gasteiger partial charge in [0, 0.05) is 6.20 Å². The maximum absolute atomic E-state index is 12.4. The highest BCUT2D eigenvalue weighted by molar-refractivity contribution is 5.30. The van der Waals surface area contributed by atoms with E-state index in [9.17, 15) is 13.2 Å². The molecule has 0 aliphatic carbocycles. The molecule has 0 saturated heterocycles. The van der Waals surface area contributed by atoms with E-state index in [1.807, 2.05) is 6.92 Å². The van der Waals surface area contributed by atoms with Gasteiger partial charge in [0.2, 0.25) is 5.95 Å². The zero-order valence-corrected chi connectivity index (χ0v) is 9.25. The third kappa shape index (κ3) is 3.94. The SMILES string of the molecule is C#CC(CCC)Nc1nccc(C(F)(F)F)n1. The van der Waals surface area contributed by atoms with Crippen LogP contribution < -0.4 is 5.32 Å². The molecule has 0 bridgehead atoms. The average molecular weight is 243 g/mol. The summed E-state index contributed by atoms with van der Waals surface area (Å²) in [5.74, 6) is 2.34. The van der Waals surface area contributed by atoms with Crippen molar-refractivity contribution in [2.75, 3.05) is 5.32 Å². The predicted octanol–water partition coefficient (Wildman–Crippen LogP) is 2.71. The van der Waals surface area contributed by atoms with Crippen molar-refractivity contribution in [3.63, 3.8) is 0 Å². The summed E-state index contributed by atoms with van der Waals surface area (Å²) in [5, 5.41) is 2.68. The minimum atomic E-state index is -4.48. The number of aromatic nitrogens is 2. The Hall–Kier alpha value is -1.77. The number of hydrogen-bond donors (Lipinski definition) is 1. The Morgan fingerprint density at radius 3 is 2.76 bits per heavy atom. The number of nitrogens with zero attached hydrogens (tertiary/aromatic N) is 2. The standard InChI is InChI=1S/C11H12F3N3/c1-3-5-8(4-2)16-10-15-7-6-9(17-10)11(12,13)14/h2,6-8H,3,5H2,1H3,(H,15,16,17). The molecule has 1 heterocycles. The van der Waals surface area contributed by atoms with E-state index in [1.165, 1.54) is 0 Å². The monoisotopic (exact) mass is 243 g/mol. The topological polar surface area (TPSA) is 37.8 Å². The lowest BCUT2D eigenvalue weighted by Crippen LogP contribution is -2.20. The van der Waals surface area contributed by atoms with Crippen LogP contribution in [-0.4, -0.2) is 16.0 Å². The number of rotatable bonds is 4. The highest BCUT2D eigenvalue weighted by atomic mass is 19.4. The molecular formula is C11H12F3N3. The fourth-order valence-corrected chi connectivity index (χ4v) is 1.23. The van der Waals surface area contributed by atoms with Crippen molar-refractivity contribution in [1.29, 1.82) is 0 Å². The first-order valence-electron chi connectivity index (χ1n) is 5.10. The van der Waals surface area contributed by atoms with Gasteiger partial charge in [-0.3, -0.25) is 0 Å². The summed E-state index contributed by atoms with van der Waals surface area (Å²) in [6, 6.07) is 0.457. The van der Waals surface area contributed by atoms with E-state index in [-0.39, 0.29) is 12.0 Å². The Labute approximate surface area is 97.5 Å². The van der Waals surface area contributed by atoms with Crippen molar-refractivity contribution < 1.29 is 13.2 Å². The Morgan fingerprint density at radius 2 is 2.24 bits per heavy atom. The fourth-order valence-electron chi connectivity index (χ4n) is 1.23. The lowest BCUT2D eigenvalue weighted by atomic mass is 10.2. The Kier molecular flexibility index (Phi) is 4.32. The van der Waals surface area contributed by atoms with Crippen molar-refractivity contribution in [2.24, 2.45) is 0 Å². The Morgan fingerprint density at radius 1 is 1.53 bits per heavy atom. The van der Waals surface area contributed by atoms with Gasteiger partial charge in [0.1, 0.15) is 5.69 Å². The highest BCUT2D eigenvalue weighted by Gasteiger charge is 2.32. The highest BCUT2D eigenvalue weighted by Crippen LogP contribution is 2.27. The van der Waals surface area contributed by atoms with Crippen LogP contribution in [0.15, 0.2) is 12.3 Å². The number of hydrogen-bond acceptors (Lipinski definition) is 3. The first-order valence-corrected chi connectivity index (χ1v) is 5.10. The Bertz CT molecular complexity index is 409. The van der Waals surface area contributed by atoms with Crippen LogP contribution in [0.2, 0.25) is 0 Å². The van der Waals surface area contributed by atoms with E-state index in [1.54, 1.807) is 0 Å². The minimum Gasteiger partial charge on any atom is -0.341 e. The van der Waals surface area contributed by atoms with Gasteiger partial charge >= 0.3 is 6.18 Å². The van der Waals surface area contributed by atoms with Crippen LogP contribution in [0.3, 0.4) is 0 Å². The summed E-state index contributed by atoms with van der Waals surface area (Å²) >= 11 is 0. The number of halogens is 3. The Balaban J connectivity index is 2.82. The summed E-state index contributed by atoms with van der Waals surface area (Å²) < 4.78 is 37.1. The smallest absolute Gasteiger partial charge is 0.341 e. The zero-order valence-electron chi connectivity index (χ0n) is 9.25. The maximum atomic E-state index is 12.4. The lowest BCUT2D eigenvalue weighted by Gasteiger charge is -2.13. The van der Waals surface area contributed by atoms with Gasteiger partial charge in [-0.2, -0.15) is 13.2 Å². The molecule has 92 valence electrons. The molecule has 0 aromatic carbocycles. The number of nitrogens with one attached hydrogen (secondary N) is 1. The van der Waals surface area contributed by atoms with Crippen molar-refractivity contribution in [3.05, 3.63) is 18.0 Å². The molecule has 1 aromatic rings. The van der Waals surface area contributed by atoms with Gasteiger partial charge in [-0.15, -0.1) is 6.42 Å². The van der Waals surface area contributed by atoms with E-state index in [4.69, 9.17) is 6.42 Å². The summed E-state index contributed by atoms with van der Waals surface area (Å²) in [6.07, 6.45) is 3.29. The van der Waals surface area contributed by atoms with Crippen LogP contribution in [-0.2, 0) is 6.18 Å². The van der Waals surface area contributed by atoms with Crippen LogP contribution in [0, 0.1) is 12.3 Å². The molecule has 3 nitrogen and oxygen atoms in total. The molecule has 0 fully saturated rings. The third-order valence-electron chi connectivity index (χ3n) is 2.03. The number of alkyl halides is 3. The molecule has 1 unspecified atom stereocenters. The molecule has 1 rings (SSSR count). The summed E-state index contributed by atoms with van der Waals surface area (Å²) in [5.41, 5.74) is -0.984. The van der Waals surface area contributed by atoms with E-state index in [0.717, 1.165) is 18.7 Å². The lowest BCUT2D eigenvalue weighted by molar-refractivity contribution is -0.141. The van der Waals surface area contributed by atoms with E-state index >= 15 is 0 Å². The quantitative estimate of drug-likeness (QED) is 0.826. The first kappa shape index (κ1) is 13.3. The second kappa shape index (κ2) is 5.53. The first-order chi connectivity index (χ1) is 7.97. The van der Waals surface area contributed by atoms with Crippen molar-refractivity contribution in [2.45, 2.75) is 32.0 Å². The molecule has 1 atom stereocenters. The molecule has 0 saturated carbocycles. The van der Waals surface area contributed by atoms with Crippen LogP contribution in [0.1, 0.15) is 25.5 Å². The van der Waals surface area contributed by atoms with Crippen LogP contribution in [0.25, 0.3) is 0 Å². The maximum Gasteiger partial charge on any atom is 0.433 e. The number of anilines is 1. The van der Waals surface area contributed by atoms with Crippen molar-refractivity contribution >= 4 is 5.95 Å². The van der Waals surface area contributed by atoms with Gasteiger partial charge in [0.25, 0.3) is 0 Å². The van der Waals surface area contributed by atoms with Gasteiger partial charge in [-0.05, 0) is 12.5 Å². The molecule has 17 heavy (non-hydrogen) atoms. The van der Waals surface area contributed by atoms with Crippen LogP contribution >= 0.6 is 0 Å². The molecule has 1 aromatic heterocycles. The van der Waals surface area contributed by atoms with Gasteiger partial charge in [0.15, 0.2) is 0 Å². The van der Waals surface area contributed by atoms with E-state index in [2.05, 4.69) is 21.2 Å². The summed E-state index contributed by atoms with van der Waals surface area (Å²) in [6.45, 7) is 1.93. The normalized spacial score (nSPS) is 12.9. The molecule has 0 aliphatic rings. The summed E-state index contributed by atoms with van der Waals surface area (Å²) in [7, 11) is 0. The summed E-state index contributed by atoms with van der Waals surface area (Å²) in [4.78, 5) is 7.08. The van der Waals surface area contributed by atoms with E-state index in [0.29, 0.717) is 6.42 Å². The molecule has 0 aliphatic heterocycles. The fraction of sp³-hybridized carbons (Fsp3) is 0.455. The second-order valence-corrected chi connectivity index (χ2v) is 3.42. The second-order valence-electron chi connectivity index (χ2n) is 3.42. The van der Waals surface area contributed by atoms with Crippen molar-refractivity contribution in [1.82, 2.24) is 9.97 Å². The minimum absolute atomic E-state index is 0.101. The largest absolute Gasteiger partial charge is 0.433 e. The zero-order chi connectivity index (χ0) is 12.9. The molecule has 0 spiro atoms. The predicted molar refractivity (Wildman–Crippen MR) is 58.2 cm³/mol. The van der Waals surface area contributed by atoms with Gasteiger partial charge < -0.3 is 5.32 Å². The van der Waals surface area contributed by atoms with Crippen molar-refractivity contribution in [3.8, 4) is 12.3 Å². The van der Waals surface area contributed by atoms with Gasteiger partial charge in [-0.1, -0.05) is 19.3 Å². The molecular weight excluding hydrogens is 231 g/mol. The van der Waals surface area contributed by atoms with Crippen LogP contribution in [0.5, 0.6) is 0 Å². The molecule has 1 N–H and O–H groups in total. The third-order valence-corrected chi connectivity index (χ3v) is 2.03. The van der Waals surface area contributed by atoms with E-state index < -0.39 is 11.9 Å². The van der Waals surface area contributed by atoms with Gasteiger partial charge in [-0.25, -0.2) is 9.97 Å². The number of terminal acetylenes is 1. The molecule has 6 heteroatoms.